The van der Waals surface area contributed by atoms with Gasteiger partial charge in [-0.2, -0.15) is 0 Å². The first-order valence-corrected chi connectivity index (χ1v) is 8.93. The zero-order valence-electron chi connectivity index (χ0n) is 14.2. The number of aromatic nitrogens is 1. The third-order valence-electron chi connectivity index (χ3n) is 5.58. The lowest BCUT2D eigenvalue weighted by molar-refractivity contribution is -0.118. The topological polar surface area (TPSA) is 63.1 Å². The van der Waals surface area contributed by atoms with Gasteiger partial charge in [0, 0.05) is 12.1 Å². The predicted octanol–water partition coefficient (Wildman–Crippen LogP) is 2.22. The van der Waals surface area contributed by atoms with Crippen LogP contribution in [-0.2, 0) is 11.3 Å². The van der Waals surface area contributed by atoms with Gasteiger partial charge in [-0.25, -0.2) is 0 Å². The maximum absolute atomic E-state index is 12.7. The summed E-state index contributed by atoms with van der Waals surface area (Å²) in [5, 5.41) is 6.22. The van der Waals surface area contributed by atoms with Gasteiger partial charge >= 0.3 is 0 Å². The molecule has 5 heteroatoms. The third kappa shape index (κ3) is 3.24. The maximum Gasteiger partial charge on any atom is 0.274 e. The molecule has 1 aromatic carbocycles. The van der Waals surface area contributed by atoms with E-state index in [1.165, 1.54) is 0 Å². The molecule has 1 aliphatic heterocycles. The van der Waals surface area contributed by atoms with Crippen LogP contribution in [0.4, 0.5) is 5.69 Å². The summed E-state index contributed by atoms with van der Waals surface area (Å²) in [5.41, 5.74) is 1.45. The van der Waals surface area contributed by atoms with Crippen molar-refractivity contribution in [1.29, 1.82) is 0 Å². The number of benzene rings is 1. The Morgan fingerprint density at radius 2 is 1.92 bits per heavy atom. The summed E-state index contributed by atoms with van der Waals surface area (Å²) in [6, 6.07) is 13.3. The van der Waals surface area contributed by atoms with Crippen LogP contribution in [0.2, 0.25) is 0 Å². The summed E-state index contributed by atoms with van der Waals surface area (Å²) >= 11 is 0. The average Bonchev–Trinajstić information content (AvgIpc) is 3.33. The molecule has 1 saturated carbocycles. The van der Waals surface area contributed by atoms with Gasteiger partial charge < -0.3 is 15.2 Å². The van der Waals surface area contributed by atoms with E-state index in [9.17, 15) is 9.59 Å². The summed E-state index contributed by atoms with van der Waals surface area (Å²) in [6.07, 6.45) is 4.82. The Bertz CT molecular complexity index is 822. The largest absolute Gasteiger partial charge is 0.321 e. The molecule has 2 aliphatic rings. The minimum atomic E-state index is -0.153. The van der Waals surface area contributed by atoms with E-state index in [2.05, 4.69) is 10.6 Å². The number of anilines is 1. The van der Waals surface area contributed by atoms with E-state index in [4.69, 9.17) is 0 Å². The second-order valence-electron chi connectivity index (χ2n) is 7.20. The standard InChI is InChI=1S/C20H23N3O2/c24-18(16-13-20(16)8-10-21-11-9-20)22-17-7-4-12-23(19(17)25)14-15-5-2-1-3-6-15/h1-7,12,16,21H,8-11,13-14H2,(H,22,24). The van der Waals surface area contributed by atoms with E-state index in [0.29, 0.717) is 12.2 Å². The van der Waals surface area contributed by atoms with Crippen LogP contribution in [0.25, 0.3) is 0 Å². The fourth-order valence-corrected chi connectivity index (χ4v) is 3.95. The lowest BCUT2D eigenvalue weighted by atomic mass is 9.92. The smallest absolute Gasteiger partial charge is 0.274 e. The molecule has 2 aromatic rings. The molecule has 2 N–H and O–H groups in total. The van der Waals surface area contributed by atoms with Crippen molar-refractivity contribution >= 4 is 11.6 Å². The van der Waals surface area contributed by atoms with Crippen LogP contribution < -0.4 is 16.2 Å². The molecule has 1 aliphatic carbocycles. The number of pyridine rings is 1. The molecule has 0 radical (unpaired) electrons. The fourth-order valence-electron chi connectivity index (χ4n) is 3.95. The van der Waals surface area contributed by atoms with Gasteiger partial charge in [0.15, 0.2) is 0 Å². The molecule has 4 rings (SSSR count). The van der Waals surface area contributed by atoms with Gasteiger partial charge in [-0.05, 0) is 55.5 Å². The van der Waals surface area contributed by atoms with Crippen molar-refractivity contribution in [2.24, 2.45) is 11.3 Å². The zero-order valence-corrected chi connectivity index (χ0v) is 14.2. The van der Waals surface area contributed by atoms with E-state index in [-0.39, 0.29) is 22.8 Å². The van der Waals surface area contributed by atoms with Crippen molar-refractivity contribution in [3.8, 4) is 0 Å². The lowest BCUT2D eigenvalue weighted by Crippen LogP contribution is -2.32. The summed E-state index contributed by atoms with van der Waals surface area (Å²) < 4.78 is 1.64. The minimum Gasteiger partial charge on any atom is -0.321 e. The van der Waals surface area contributed by atoms with Crippen LogP contribution in [0.1, 0.15) is 24.8 Å². The highest BCUT2D eigenvalue weighted by Crippen LogP contribution is 2.58. The SMILES string of the molecule is O=C(Nc1cccn(Cc2ccccc2)c1=O)C1CC12CCNCC2. The number of nitrogens with one attached hydrogen (secondary N) is 2. The number of nitrogens with zero attached hydrogens (tertiary/aromatic N) is 1. The summed E-state index contributed by atoms with van der Waals surface area (Å²) in [6.45, 7) is 2.47. The van der Waals surface area contributed by atoms with Gasteiger partial charge in [-0.1, -0.05) is 30.3 Å². The molecule has 1 unspecified atom stereocenters. The van der Waals surface area contributed by atoms with E-state index in [0.717, 1.165) is 37.9 Å². The van der Waals surface area contributed by atoms with Crippen LogP contribution in [0, 0.1) is 11.3 Å². The molecule has 1 saturated heterocycles. The van der Waals surface area contributed by atoms with Gasteiger partial charge in [0.1, 0.15) is 5.69 Å². The predicted molar refractivity (Wildman–Crippen MR) is 97.5 cm³/mol. The molecule has 5 nitrogen and oxygen atoms in total. The van der Waals surface area contributed by atoms with Crippen LogP contribution >= 0.6 is 0 Å². The highest BCUT2D eigenvalue weighted by molar-refractivity contribution is 5.94. The van der Waals surface area contributed by atoms with Crippen molar-refractivity contribution in [1.82, 2.24) is 9.88 Å². The number of rotatable bonds is 4. The number of carbonyl (C=O) groups excluding carboxylic acids is 1. The second kappa shape index (κ2) is 6.48. The van der Waals surface area contributed by atoms with Gasteiger partial charge in [0.05, 0.1) is 6.54 Å². The van der Waals surface area contributed by atoms with E-state index in [1.807, 2.05) is 36.4 Å². The summed E-state index contributed by atoms with van der Waals surface area (Å²) in [7, 11) is 0. The van der Waals surface area contributed by atoms with Crippen molar-refractivity contribution in [3.05, 3.63) is 64.6 Å². The molecule has 1 amide bonds. The molecule has 1 atom stereocenters. The first-order chi connectivity index (χ1) is 12.2. The van der Waals surface area contributed by atoms with Gasteiger partial charge in [0.25, 0.3) is 5.56 Å². The van der Waals surface area contributed by atoms with E-state index in [1.54, 1.807) is 16.8 Å². The Labute approximate surface area is 147 Å². The Morgan fingerprint density at radius 1 is 1.16 bits per heavy atom. The number of hydrogen-bond acceptors (Lipinski definition) is 3. The molecule has 2 fully saturated rings. The van der Waals surface area contributed by atoms with Crippen LogP contribution in [0.15, 0.2) is 53.5 Å². The molecular weight excluding hydrogens is 314 g/mol. The highest BCUT2D eigenvalue weighted by Gasteiger charge is 2.57. The van der Waals surface area contributed by atoms with E-state index >= 15 is 0 Å². The van der Waals surface area contributed by atoms with Gasteiger partial charge in [0.2, 0.25) is 5.91 Å². The van der Waals surface area contributed by atoms with Gasteiger partial charge in [-0.3, -0.25) is 9.59 Å². The monoisotopic (exact) mass is 337 g/mol. The molecular formula is C20H23N3O2. The Hall–Kier alpha value is -2.40. The molecule has 2 heterocycles. The Morgan fingerprint density at radius 3 is 2.68 bits per heavy atom. The first kappa shape index (κ1) is 16.1. The fraction of sp³-hybridized carbons (Fsp3) is 0.400. The average molecular weight is 337 g/mol. The molecule has 130 valence electrons. The van der Waals surface area contributed by atoms with Crippen LogP contribution in [-0.4, -0.2) is 23.6 Å². The van der Waals surface area contributed by atoms with Crippen molar-refractivity contribution in [2.45, 2.75) is 25.8 Å². The minimum absolute atomic E-state index is 0.00328. The third-order valence-corrected chi connectivity index (χ3v) is 5.58. The van der Waals surface area contributed by atoms with Gasteiger partial charge in [-0.15, -0.1) is 0 Å². The molecule has 1 aromatic heterocycles. The van der Waals surface area contributed by atoms with Crippen LogP contribution in [0.5, 0.6) is 0 Å². The molecule has 1 spiro atoms. The zero-order chi connectivity index (χ0) is 17.3. The first-order valence-electron chi connectivity index (χ1n) is 8.93. The maximum atomic E-state index is 12.7. The normalized spacial score (nSPS) is 21.0. The van der Waals surface area contributed by atoms with Crippen molar-refractivity contribution < 1.29 is 4.79 Å². The quantitative estimate of drug-likeness (QED) is 0.899. The van der Waals surface area contributed by atoms with Crippen molar-refractivity contribution in [2.75, 3.05) is 18.4 Å². The number of carbonyl (C=O) groups is 1. The number of piperidine rings is 1. The lowest BCUT2D eigenvalue weighted by Gasteiger charge is -2.23. The number of amides is 1. The van der Waals surface area contributed by atoms with Crippen molar-refractivity contribution in [3.63, 3.8) is 0 Å². The second-order valence-corrected chi connectivity index (χ2v) is 7.20. The van der Waals surface area contributed by atoms with E-state index < -0.39 is 0 Å². The Kier molecular flexibility index (Phi) is 4.17. The summed E-state index contributed by atoms with van der Waals surface area (Å²) in [4.78, 5) is 25.2. The highest BCUT2D eigenvalue weighted by atomic mass is 16.2. The Balaban J connectivity index is 1.47. The molecule has 0 bridgehead atoms. The summed E-state index contributed by atoms with van der Waals surface area (Å²) in [5.74, 6) is 0.0493. The van der Waals surface area contributed by atoms with Crippen LogP contribution in [0.3, 0.4) is 0 Å². The number of hydrogen-bond donors (Lipinski definition) is 2. The molecule has 25 heavy (non-hydrogen) atoms.